The van der Waals surface area contributed by atoms with Gasteiger partial charge in [-0.15, -0.1) is 0 Å². The molecule has 0 aliphatic heterocycles. The summed E-state index contributed by atoms with van der Waals surface area (Å²) < 4.78 is 1.73. The molecule has 0 saturated heterocycles. The topological polar surface area (TPSA) is 37.8 Å². The number of H-pyrrole nitrogens is 1. The van der Waals surface area contributed by atoms with Crippen molar-refractivity contribution >= 4 is 0 Å². The van der Waals surface area contributed by atoms with E-state index in [4.69, 9.17) is 0 Å². The molecule has 0 unspecified atom stereocenters. The zero-order valence-electron chi connectivity index (χ0n) is 10.4. The van der Waals surface area contributed by atoms with E-state index in [2.05, 4.69) is 29.4 Å². The highest BCUT2D eigenvalue weighted by atomic mass is 16.1. The largest absolute Gasteiger partial charge is 0.268 e. The van der Waals surface area contributed by atoms with Crippen LogP contribution in [0.4, 0.5) is 0 Å². The Morgan fingerprint density at radius 2 is 1.68 bits per heavy atom. The summed E-state index contributed by atoms with van der Waals surface area (Å²) in [5.74, 6) is 0. The molecule has 0 aliphatic rings. The van der Waals surface area contributed by atoms with Crippen molar-refractivity contribution in [1.82, 2.24) is 9.78 Å². The van der Waals surface area contributed by atoms with Gasteiger partial charge in [-0.1, -0.05) is 42.5 Å². The van der Waals surface area contributed by atoms with Crippen LogP contribution in [0.15, 0.2) is 71.7 Å². The molecule has 0 bridgehead atoms. The molecule has 0 amide bonds. The van der Waals surface area contributed by atoms with Gasteiger partial charge in [-0.2, -0.15) is 0 Å². The van der Waals surface area contributed by atoms with Crippen LogP contribution in [0.25, 0.3) is 5.69 Å². The highest BCUT2D eigenvalue weighted by Crippen LogP contribution is 2.13. The van der Waals surface area contributed by atoms with E-state index in [1.54, 1.807) is 10.9 Å². The number of nitrogens with zero attached hydrogens (tertiary/aromatic N) is 1. The first-order chi connectivity index (χ1) is 9.31. The van der Waals surface area contributed by atoms with Gasteiger partial charge in [-0.3, -0.25) is 14.6 Å². The van der Waals surface area contributed by atoms with Crippen molar-refractivity contribution in [2.45, 2.75) is 6.42 Å². The summed E-state index contributed by atoms with van der Waals surface area (Å²) in [4.78, 5) is 11.2. The third kappa shape index (κ3) is 2.65. The second-order valence-corrected chi connectivity index (χ2v) is 4.49. The quantitative estimate of drug-likeness (QED) is 0.762. The van der Waals surface area contributed by atoms with Crippen molar-refractivity contribution < 1.29 is 0 Å². The van der Waals surface area contributed by atoms with Gasteiger partial charge in [0.2, 0.25) is 0 Å². The maximum atomic E-state index is 11.2. The summed E-state index contributed by atoms with van der Waals surface area (Å²) in [7, 11) is 0. The molecule has 19 heavy (non-hydrogen) atoms. The van der Waals surface area contributed by atoms with Gasteiger partial charge in [0.1, 0.15) is 0 Å². The molecule has 94 valence electrons. The zero-order chi connectivity index (χ0) is 13.1. The number of aromatic nitrogens is 2. The number of aromatic amines is 1. The standard InChI is InChI=1S/C16H14N2O/c19-16-9-10-18(17-16)15-8-4-7-14(12-15)11-13-5-2-1-3-6-13/h1-10,12H,11H2,(H,17,19). The van der Waals surface area contributed by atoms with E-state index in [1.807, 2.05) is 30.3 Å². The first-order valence-electron chi connectivity index (χ1n) is 6.22. The zero-order valence-corrected chi connectivity index (χ0v) is 10.4. The smallest absolute Gasteiger partial charge is 0.264 e. The van der Waals surface area contributed by atoms with Crippen molar-refractivity contribution in [2.75, 3.05) is 0 Å². The molecule has 0 saturated carbocycles. The molecule has 1 N–H and O–H groups in total. The maximum absolute atomic E-state index is 11.2. The minimum absolute atomic E-state index is 0.0894. The van der Waals surface area contributed by atoms with Crippen LogP contribution in [0, 0.1) is 0 Å². The van der Waals surface area contributed by atoms with E-state index in [1.165, 1.54) is 17.2 Å². The molecule has 2 aromatic carbocycles. The Morgan fingerprint density at radius 3 is 2.42 bits per heavy atom. The number of rotatable bonds is 3. The average Bonchev–Trinajstić information content (AvgIpc) is 2.87. The highest BCUT2D eigenvalue weighted by molar-refractivity contribution is 5.37. The van der Waals surface area contributed by atoms with E-state index in [9.17, 15) is 4.79 Å². The van der Waals surface area contributed by atoms with Gasteiger partial charge >= 0.3 is 0 Å². The molecule has 3 rings (SSSR count). The molecular weight excluding hydrogens is 236 g/mol. The van der Waals surface area contributed by atoms with Crippen molar-refractivity contribution in [3.05, 3.63) is 88.3 Å². The fourth-order valence-electron chi connectivity index (χ4n) is 2.13. The highest BCUT2D eigenvalue weighted by Gasteiger charge is 2.00. The normalized spacial score (nSPS) is 10.5. The van der Waals surface area contributed by atoms with Crippen LogP contribution in [-0.2, 0) is 6.42 Å². The van der Waals surface area contributed by atoms with Gasteiger partial charge in [0.25, 0.3) is 5.56 Å². The number of hydrogen-bond acceptors (Lipinski definition) is 1. The predicted octanol–water partition coefficient (Wildman–Crippen LogP) is 2.76. The van der Waals surface area contributed by atoms with E-state index in [-0.39, 0.29) is 5.56 Å². The van der Waals surface area contributed by atoms with Crippen LogP contribution in [0.3, 0.4) is 0 Å². The third-order valence-corrected chi connectivity index (χ3v) is 3.05. The summed E-state index contributed by atoms with van der Waals surface area (Å²) >= 11 is 0. The van der Waals surface area contributed by atoms with Gasteiger partial charge in [-0.25, -0.2) is 0 Å². The Balaban J connectivity index is 1.90. The van der Waals surface area contributed by atoms with E-state index < -0.39 is 0 Å². The average molecular weight is 250 g/mol. The first kappa shape index (κ1) is 11.5. The third-order valence-electron chi connectivity index (χ3n) is 3.05. The lowest BCUT2D eigenvalue weighted by Gasteiger charge is -2.06. The summed E-state index contributed by atoms with van der Waals surface area (Å²) in [6.07, 6.45) is 2.63. The fourth-order valence-corrected chi connectivity index (χ4v) is 2.13. The maximum Gasteiger partial charge on any atom is 0.264 e. The summed E-state index contributed by atoms with van der Waals surface area (Å²) in [6, 6.07) is 20.0. The van der Waals surface area contributed by atoms with Gasteiger partial charge in [-0.05, 0) is 29.7 Å². The minimum atomic E-state index is -0.0894. The molecule has 0 spiro atoms. The molecular formula is C16H14N2O. The molecule has 3 heteroatoms. The monoisotopic (exact) mass is 250 g/mol. The van der Waals surface area contributed by atoms with Crippen molar-refractivity contribution in [1.29, 1.82) is 0 Å². The molecule has 1 aromatic heterocycles. The lowest BCUT2D eigenvalue weighted by molar-refractivity contribution is 0.862. The molecule has 3 aromatic rings. The Morgan fingerprint density at radius 1 is 0.895 bits per heavy atom. The second kappa shape index (κ2) is 4.98. The molecule has 0 atom stereocenters. The Labute approximate surface area is 111 Å². The van der Waals surface area contributed by atoms with Crippen molar-refractivity contribution in [2.24, 2.45) is 0 Å². The van der Waals surface area contributed by atoms with Gasteiger partial charge < -0.3 is 0 Å². The predicted molar refractivity (Wildman–Crippen MR) is 75.6 cm³/mol. The number of benzene rings is 2. The van der Waals surface area contributed by atoms with Crippen LogP contribution in [-0.4, -0.2) is 9.78 Å². The summed E-state index contributed by atoms with van der Waals surface area (Å²) in [5.41, 5.74) is 3.38. The van der Waals surface area contributed by atoms with Gasteiger partial charge in [0, 0.05) is 12.3 Å². The molecule has 0 fully saturated rings. The van der Waals surface area contributed by atoms with Crippen LogP contribution in [0.1, 0.15) is 11.1 Å². The van der Waals surface area contributed by atoms with Gasteiger partial charge in [0.05, 0.1) is 5.69 Å². The summed E-state index contributed by atoms with van der Waals surface area (Å²) in [6.45, 7) is 0. The van der Waals surface area contributed by atoms with E-state index in [0.717, 1.165) is 12.1 Å². The van der Waals surface area contributed by atoms with Crippen LogP contribution >= 0.6 is 0 Å². The lowest BCUT2D eigenvalue weighted by atomic mass is 10.0. The Bertz CT molecular complexity index is 726. The SMILES string of the molecule is O=c1ccn(-c2cccc(Cc3ccccc3)c2)[nH]1. The van der Waals surface area contributed by atoms with Gasteiger partial charge in [0.15, 0.2) is 0 Å². The molecule has 0 radical (unpaired) electrons. The Hall–Kier alpha value is -2.55. The van der Waals surface area contributed by atoms with Crippen molar-refractivity contribution in [3.8, 4) is 5.69 Å². The molecule has 0 aliphatic carbocycles. The first-order valence-corrected chi connectivity index (χ1v) is 6.22. The number of nitrogens with one attached hydrogen (secondary N) is 1. The minimum Gasteiger partial charge on any atom is -0.268 e. The van der Waals surface area contributed by atoms with E-state index >= 15 is 0 Å². The molecule has 1 heterocycles. The van der Waals surface area contributed by atoms with Crippen molar-refractivity contribution in [3.63, 3.8) is 0 Å². The molecule has 3 nitrogen and oxygen atoms in total. The van der Waals surface area contributed by atoms with Crippen LogP contribution < -0.4 is 5.56 Å². The van der Waals surface area contributed by atoms with Crippen LogP contribution in [0.5, 0.6) is 0 Å². The number of hydrogen-bond donors (Lipinski definition) is 1. The Kier molecular flexibility index (Phi) is 3.02. The second-order valence-electron chi connectivity index (χ2n) is 4.49. The van der Waals surface area contributed by atoms with Crippen LogP contribution in [0.2, 0.25) is 0 Å². The van der Waals surface area contributed by atoms with E-state index in [0.29, 0.717) is 0 Å². The fraction of sp³-hybridized carbons (Fsp3) is 0.0625. The lowest BCUT2D eigenvalue weighted by Crippen LogP contribution is -2.03. The summed E-state index contributed by atoms with van der Waals surface area (Å²) in [5, 5.41) is 2.74.